The molecule has 3 atom stereocenters. The van der Waals surface area contributed by atoms with Crippen molar-refractivity contribution in [1.29, 1.82) is 0 Å². The van der Waals surface area contributed by atoms with Crippen LogP contribution in [0.3, 0.4) is 0 Å². The van der Waals surface area contributed by atoms with Gasteiger partial charge in [0.15, 0.2) is 0 Å². The van der Waals surface area contributed by atoms with Crippen molar-refractivity contribution in [3.63, 3.8) is 0 Å². The molecule has 178 valence electrons. The van der Waals surface area contributed by atoms with E-state index in [0.717, 1.165) is 22.6 Å². The molecule has 0 amide bonds. The zero-order valence-corrected chi connectivity index (χ0v) is 19.8. The molecule has 0 N–H and O–H groups in total. The molecule has 5 heteroatoms. The van der Waals surface area contributed by atoms with Crippen LogP contribution >= 0.6 is 0 Å². The lowest BCUT2D eigenvalue weighted by molar-refractivity contribution is -0.132. The number of aryl methyl sites for hydroxylation is 2. The van der Waals surface area contributed by atoms with Crippen LogP contribution in [0.5, 0.6) is 11.5 Å². The van der Waals surface area contributed by atoms with E-state index in [2.05, 4.69) is 0 Å². The monoisotopic (exact) mass is 468 g/mol. The van der Waals surface area contributed by atoms with Gasteiger partial charge in [0.05, 0.1) is 6.10 Å². The van der Waals surface area contributed by atoms with Crippen molar-refractivity contribution in [2.24, 2.45) is 0 Å². The van der Waals surface area contributed by atoms with Gasteiger partial charge >= 0.3 is 5.97 Å². The molecular formula is C30H28O5. The maximum absolute atomic E-state index is 12.1. The van der Waals surface area contributed by atoms with Crippen molar-refractivity contribution in [2.75, 3.05) is 6.61 Å². The van der Waals surface area contributed by atoms with Crippen molar-refractivity contribution in [2.45, 2.75) is 38.6 Å². The lowest BCUT2D eigenvalue weighted by Gasteiger charge is -2.20. The summed E-state index contributed by atoms with van der Waals surface area (Å²) in [5, 5.41) is 0. The van der Waals surface area contributed by atoms with Gasteiger partial charge in [0.25, 0.3) is 0 Å². The minimum Gasteiger partial charge on any atom is -0.491 e. The van der Waals surface area contributed by atoms with Gasteiger partial charge in [-0.15, -0.1) is 0 Å². The van der Waals surface area contributed by atoms with Crippen LogP contribution in [0.15, 0.2) is 96.8 Å². The number of ether oxygens (including phenoxy) is 4. The highest BCUT2D eigenvalue weighted by molar-refractivity contribution is 6.01. The van der Waals surface area contributed by atoms with Crippen molar-refractivity contribution in [3.8, 4) is 11.5 Å². The van der Waals surface area contributed by atoms with E-state index in [-0.39, 0.29) is 24.3 Å². The average molecular weight is 469 g/mol. The smallest absolute Gasteiger partial charge is 0.336 e. The van der Waals surface area contributed by atoms with E-state index >= 15 is 0 Å². The largest absolute Gasteiger partial charge is 0.491 e. The van der Waals surface area contributed by atoms with Gasteiger partial charge in [0, 0.05) is 18.1 Å². The van der Waals surface area contributed by atoms with Gasteiger partial charge in [-0.2, -0.15) is 0 Å². The van der Waals surface area contributed by atoms with E-state index in [4.69, 9.17) is 18.9 Å². The number of esters is 1. The molecule has 2 aliphatic heterocycles. The Hall–Kier alpha value is -3.83. The summed E-state index contributed by atoms with van der Waals surface area (Å²) in [6, 6.07) is 25.7. The Kier molecular flexibility index (Phi) is 6.68. The minimum atomic E-state index is -0.375. The fourth-order valence-electron chi connectivity index (χ4n) is 4.25. The van der Waals surface area contributed by atoms with Gasteiger partial charge in [0.2, 0.25) is 0 Å². The summed E-state index contributed by atoms with van der Waals surface area (Å²) < 4.78 is 24.2. The van der Waals surface area contributed by atoms with Gasteiger partial charge in [-0.05, 0) is 49.8 Å². The first-order valence-corrected chi connectivity index (χ1v) is 11.8. The molecule has 0 bridgehead atoms. The summed E-state index contributed by atoms with van der Waals surface area (Å²) >= 11 is 0. The third-order valence-electron chi connectivity index (χ3n) is 6.13. The molecule has 1 fully saturated rings. The van der Waals surface area contributed by atoms with E-state index in [1.807, 2.05) is 98.8 Å². The predicted molar refractivity (Wildman–Crippen MR) is 134 cm³/mol. The third kappa shape index (κ3) is 5.64. The van der Waals surface area contributed by atoms with Crippen LogP contribution < -0.4 is 9.47 Å². The Bertz CT molecular complexity index is 1230. The summed E-state index contributed by atoms with van der Waals surface area (Å²) in [5.74, 6) is 1.71. The number of allylic oxidation sites excluding steroid dienone is 1. The molecule has 0 spiro atoms. The molecule has 0 unspecified atom stereocenters. The topological polar surface area (TPSA) is 54.0 Å². The van der Waals surface area contributed by atoms with Crippen molar-refractivity contribution in [1.82, 2.24) is 0 Å². The van der Waals surface area contributed by atoms with Crippen LogP contribution in [-0.2, 0) is 14.3 Å². The molecule has 0 saturated carbocycles. The first-order valence-electron chi connectivity index (χ1n) is 11.8. The van der Waals surface area contributed by atoms with Gasteiger partial charge < -0.3 is 18.9 Å². The molecule has 2 aliphatic rings. The molecule has 1 saturated heterocycles. The maximum atomic E-state index is 12.1. The number of hydrogen-bond acceptors (Lipinski definition) is 5. The third-order valence-corrected chi connectivity index (χ3v) is 6.13. The van der Waals surface area contributed by atoms with E-state index in [9.17, 15) is 4.79 Å². The Balaban J connectivity index is 1.34. The number of carbonyl (C=O) groups is 1. The van der Waals surface area contributed by atoms with Crippen molar-refractivity contribution >= 4 is 11.5 Å². The minimum absolute atomic E-state index is 0.216. The maximum Gasteiger partial charge on any atom is 0.336 e. The number of carbonyl (C=O) groups excluding carboxylic acids is 1. The Morgan fingerprint density at radius 2 is 1.54 bits per heavy atom. The van der Waals surface area contributed by atoms with Gasteiger partial charge in [-0.25, -0.2) is 4.79 Å². The van der Waals surface area contributed by atoms with Crippen LogP contribution in [0.2, 0.25) is 0 Å². The molecular weight excluding hydrogens is 440 g/mol. The van der Waals surface area contributed by atoms with Crippen LogP contribution in [0.25, 0.3) is 5.57 Å². The molecule has 35 heavy (non-hydrogen) atoms. The second-order valence-electron chi connectivity index (χ2n) is 8.92. The molecule has 5 rings (SSSR count). The summed E-state index contributed by atoms with van der Waals surface area (Å²) in [6.45, 7) is 4.44. The van der Waals surface area contributed by atoms with E-state index in [1.165, 1.54) is 17.2 Å². The molecule has 5 nitrogen and oxygen atoms in total. The van der Waals surface area contributed by atoms with E-state index in [1.54, 1.807) is 0 Å². The lowest BCUT2D eigenvalue weighted by atomic mass is 10.0. The summed E-state index contributed by atoms with van der Waals surface area (Å²) in [4.78, 5) is 12.1. The zero-order chi connectivity index (χ0) is 24.2. The summed E-state index contributed by atoms with van der Waals surface area (Å²) in [7, 11) is 0. The van der Waals surface area contributed by atoms with E-state index in [0.29, 0.717) is 18.8 Å². The molecule has 0 aliphatic carbocycles. The Morgan fingerprint density at radius 3 is 2.23 bits per heavy atom. The highest BCUT2D eigenvalue weighted by Crippen LogP contribution is 2.33. The molecule has 0 aromatic heterocycles. The number of hydrogen-bond donors (Lipinski definition) is 0. The highest BCUT2D eigenvalue weighted by Gasteiger charge is 2.38. The summed E-state index contributed by atoms with van der Waals surface area (Å²) in [5.41, 5.74) is 4.03. The van der Waals surface area contributed by atoms with Crippen LogP contribution in [0, 0.1) is 13.8 Å². The predicted octanol–water partition coefficient (Wildman–Crippen LogP) is 5.81. The molecule has 3 aromatic rings. The van der Waals surface area contributed by atoms with Gasteiger partial charge in [-0.1, -0.05) is 65.7 Å². The fourth-order valence-corrected chi connectivity index (χ4v) is 4.25. The molecule has 3 aromatic carbocycles. The standard InChI is InChI=1S/C30H28O5/c1-20-8-12-23(13-9-20)32-19-29-28(33-24-14-10-21(2)11-15-24)17-25(34-29)16-27-26(18-30(31)35-27)22-6-4-3-5-7-22/h3-16,18,25,28-29H,17,19H2,1-2H3/b27-16-/t25-,28-,29+/m0/s1. The quantitative estimate of drug-likeness (QED) is 0.410. The first-order chi connectivity index (χ1) is 17.0. The average Bonchev–Trinajstić information content (AvgIpc) is 3.43. The normalized spacial score (nSPS) is 22.7. The van der Waals surface area contributed by atoms with Gasteiger partial charge in [-0.3, -0.25) is 0 Å². The number of cyclic esters (lactones) is 1. The van der Waals surface area contributed by atoms with Crippen LogP contribution in [0.1, 0.15) is 23.1 Å². The zero-order valence-electron chi connectivity index (χ0n) is 19.8. The van der Waals surface area contributed by atoms with Gasteiger partial charge in [0.1, 0.15) is 36.1 Å². The Labute approximate surface area is 205 Å². The molecule has 2 heterocycles. The molecule has 0 radical (unpaired) electrons. The Morgan fingerprint density at radius 1 is 0.886 bits per heavy atom. The highest BCUT2D eigenvalue weighted by atomic mass is 16.6. The number of benzene rings is 3. The second-order valence-corrected chi connectivity index (χ2v) is 8.92. The number of rotatable bonds is 7. The fraction of sp³-hybridized carbons (Fsp3) is 0.233. The van der Waals surface area contributed by atoms with Crippen LogP contribution in [0.4, 0.5) is 0 Å². The second kappa shape index (κ2) is 10.2. The first kappa shape index (κ1) is 22.9. The van der Waals surface area contributed by atoms with E-state index < -0.39 is 0 Å². The van der Waals surface area contributed by atoms with Crippen molar-refractivity contribution in [3.05, 3.63) is 113 Å². The lowest BCUT2D eigenvalue weighted by Crippen LogP contribution is -2.32. The SMILES string of the molecule is Cc1ccc(OC[C@H]2O[C@@H](/C=C3\OC(=O)C=C3c3ccccc3)C[C@@H]2Oc2ccc(C)cc2)cc1. The van der Waals surface area contributed by atoms with Crippen LogP contribution in [-0.4, -0.2) is 30.9 Å². The summed E-state index contributed by atoms with van der Waals surface area (Å²) in [6.07, 6.45) is 3.21. The van der Waals surface area contributed by atoms with Crippen molar-refractivity contribution < 1.29 is 23.7 Å².